The Labute approximate surface area is 406 Å². The van der Waals surface area contributed by atoms with Crippen LogP contribution >= 0.6 is 0 Å². The van der Waals surface area contributed by atoms with E-state index in [1.165, 1.54) is 72.9 Å². The van der Waals surface area contributed by atoms with Crippen LogP contribution in [0.3, 0.4) is 0 Å². The first-order valence-electron chi connectivity index (χ1n) is 24.9. The molecule has 0 aliphatic rings. The molecule has 0 fully saturated rings. The van der Waals surface area contributed by atoms with Gasteiger partial charge >= 0.3 is 0 Å². The van der Waals surface area contributed by atoms with Crippen molar-refractivity contribution in [3.05, 3.63) is 0 Å². The van der Waals surface area contributed by atoms with Crippen LogP contribution in [-0.2, 0) is 47.8 Å². The molecule has 20 heteroatoms. The number of likely N-dealkylation sites (N-methyl/N-ethyl adjacent to an activating group) is 2. The Morgan fingerprint density at radius 1 is 0.588 bits per heavy atom. The fourth-order valence-electron chi connectivity index (χ4n) is 6.97. The molecule has 0 aromatic heterocycles. The van der Waals surface area contributed by atoms with E-state index in [0.717, 1.165) is 24.2 Å². The van der Waals surface area contributed by atoms with Crippen LogP contribution in [-0.4, -0.2) is 146 Å². The van der Waals surface area contributed by atoms with E-state index in [0.29, 0.717) is 13.0 Å². The van der Waals surface area contributed by atoms with E-state index in [9.17, 15) is 43.5 Å². The Hall–Kier alpha value is -4.40. The smallest absolute Gasteiger partial charge is 0.257 e. The van der Waals surface area contributed by atoms with Crippen molar-refractivity contribution < 1.29 is 52.9 Å². The summed E-state index contributed by atoms with van der Waals surface area (Å²) in [4.78, 5) is 106. The van der Waals surface area contributed by atoms with Crippen LogP contribution < -0.4 is 43.0 Å². The molecule has 0 spiro atoms. The lowest BCUT2D eigenvalue weighted by Gasteiger charge is -2.33. The Morgan fingerprint density at radius 3 is 1.66 bits per heavy atom. The van der Waals surface area contributed by atoms with Crippen molar-refractivity contribution in [3.8, 4) is 0 Å². The highest BCUT2D eigenvalue weighted by molar-refractivity contribution is 5.96. The van der Waals surface area contributed by atoms with Crippen molar-refractivity contribution in [2.24, 2.45) is 23.5 Å². The van der Waals surface area contributed by atoms with E-state index in [4.69, 9.17) is 15.2 Å². The zero-order valence-corrected chi connectivity index (χ0v) is 43.4. The van der Waals surface area contributed by atoms with Gasteiger partial charge in [0.2, 0.25) is 35.4 Å². The maximum absolute atomic E-state index is 13.9. The largest absolute Gasteiger partial charge is 0.381 e. The molecule has 0 saturated carbocycles. The molecule has 10 N–H and O–H groups in total. The first-order valence-corrected chi connectivity index (χ1v) is 24.9. The van der Waals surface area contributed by atoms with Gasteiger partial charge < -0.3 is 62.4 Å². The molecule has 0 bridgehead atoms. The number of aliphatic hydroxyl groups excluding tert-OH is 1. The highest BCUT2D eigenvalue weighted by Gasteiger charge is 2.36. The summed E-state index contributed by atoms with van der Waals surface area (Å²) in [6.07, 6.45) is 8.86. The number of carbonyl (C=O) groups is 8. The van der Waals surface area contributed by atoms with E-state index in [-0.39, 0.29) is 49.7 Å². The zero-order chi connectivity index (χ0) is 51.9. The van der Waals surface area contributed by atoms with E-state index < -0.39 is 96.5 Å². The van der Waals surface area contributed by atoms with Crippen molar-refractivity contribution in [2.75, 3.05) is 40.5 Å². The summed E-state index contributed by atoms with van der Waals surface area (Å²) in [5, 5.41) is 27.8. The number of nitrogens with one attached hydrogen (secondary N) is 7. The molecule has 0 aliphatic carbocycles. The summed E-state index contributed by atoms with van der Waals surface area (Å²) < 4.78 is 11.6. The predicted octanol–water partition coefficient (Wildman–Crippen LogP) is 1.90. The molecule has 8 amide bonds. The second-order valence-electron chi connectivity index (χ2n) is 19.2. The number of amides is 8. The number of aliphatic hydroxyl groups is 1. The number of hydrogen-bond donors (Lipinski definition) is 9. The van der Waals surface area contributed by atoms with Gasteiger partial charge in [-0.05, 0) is 51.4 Å². The van der Waals surface area contributed by atoms with Crippen molar-refractivity contribution in [1.82, 2.24) is 42.1 Å². The third-order valence-corrected chi connectivity index (χ3v) is 11.1. The van der Waals surface area contributed by atoms with Crippen LogP contribution in [0.1, 0.15) is 153 Å². The van der Waals surface area contributed by atoms with Crippen LogP contribution in [0.15, 0.2) is 0 Å². The molecule has 0 aromatic rings. The molecule has 68 heavy (non-hydrogen) atoms. The van der Waals surface area contributed by atoms with Gasteiger partial charge in [0.15, 0.2) is 12.3 Å². The van der Waals surface area contributed by atoms with Crippen LogP contribution in [0.25, 0.3) is 0 Å². The monoisotopic (exact) mass is 970 g/mol. The number of rotatable bonds is 37. The van der Waals surface area contributed by atoms with Gasteiger partial charge in [0.1, 0.15) is 24.2 Å². The Morgan fingerprint density at radius 2 is 1.13 bits per heavy atom. The van der Waals surface area contributed by atoms with Crippen molar-refractivity contribution in [3.63, 3.8) is 0 Å². The second-order valence-corrected chi connectivity index (χ2v) is 19.2. The Bertz CT molecular complexity index is 1530. The molecule has 394 valence electrons. The number of unbranched alkanes of at least 4 members (excludes halogenated alkanes) is 10. The minimum Gasteiger partial charge on any atom is -0.381 e. The van der Waals surface area contributed by atoms with Gasteiger partial charge in [-0.1, -0.05) is 113 Å². The molecule has 0 rings (SSSR count). The van der Waals surface area contributed by atoms with Gasteiger partial charge in [-0.25, -0.2) is 0 Å². The fraction of sp³-hybridized carbons (Fsp3) is 0.833. The van der Waals surface area contributed by atoms with Crippen molar-refractivity contribution in [1.29, 1.82) is 0 Å². The van der Waals surface area contributed by atoms with E-state index in [1.807, 2.05) is 41.5 Å². The topological polar surface area (TPSA) is 289 Å². The summed E-state index contributed by atoms with van der Waals surface area (Å²) in [7, 11) is 2.68. The maximum atomic E-state index is 13.9. The lowest BCUT2D eigenvalue weighted by Crippen LogP contribution is -2.61. The van der Waals surface area contributed by atoms with E-state index >= 15 is 0 Å². The van der Waals surface area contributed by atoms with E-state index in [1.54, 1.807) is 6.92 Å². The van der Waals surface area contributed by atoms with Crippen LogP contribution in [0.5, 0.6) is 0 Å². The standard InChI is InChI=1S/C48H91N9O11/c1-13-14-15-16-17-18-19-20-21-22-23-24-38(58)54-37(29-67-27-31(4)5)45(63)56-42(49)48(66)51-26-39(59)57(12)40(35(10)68-28-32(6)7)46(64)53-34(9)43(61)55-36(25-30(2)3)44(62)52-33(8)41(60)47(65)50-11/h30-37,40-42,60H,13-29,49H2,1-12H3,(H,50,65)(H,51,66)(H,52,62)(H,53,64)(H,54,58)(H,55,61)(H,56,63). The molecule has 8 atom stereocenters. The molecular formula is C48H91N9O11. The van der Waals surface area contributed by atoms with Crippen molar-refractivity contribution >= 4 is 47.3 Å². The minimum atomic E-state index is -1.62. The highest BCUT2D eigenvalue weighted by atomic mass is 16.5. The molecule has 0 aliphatic heterocycles. The molecule has 0 aromatic carbocycles. The first kappa shape index (κ1) is 63.6. The van der Waals surface area contributed by atoms with Gasteiger partial charge in [0.05, 0.1) is 25.3 Å². The number of carbonyl (C=O) groups excluding carboxylic acids is 8. The average Bonchev–Trinajstić information content (AvgIpc) is 3.27. The molecule has 0 heterocycles. The van der Waals surface area contributed by atoms with Crippen LogP contribution in [0.2, 0.25) is 0 Å². The minimum absolute atomic E-state index is 0.0584. The van der Waals surface area contributed by atoms with Gasteiger partial charge in [-0.3, -0.25) is 38.4 Å². The van der Waals surface area contributed by atoms with Crippen LogP contribution in [0, 0.1) is 17.8 Å². The Balaban J connectivity index is 5.65. The number of hydrogen-bond acceptors (Lipinski definition) is 12. The summed E-state index contributed by atoms with van der Waals surface area (Å²) in [6.45, 7) is 17.8. The fourth-order valence-corrected chi connectivity index (χ4v) is 6.97. The SMILES string of the molecule is CCCCCCCCCCCCCC(=O)NC(COCC(C)C)C(=O)NC(N)C(=O)NCC(=O)N(C)C(C(=O)NC(C)C(=O)NC(CC(C)C)C(=O)NC(C)C(O)C(=O)NC)C(C)OCC(C)C. The highest BCUT2D eigenvalue weighted by Crippen LogP contribution is 2.14. The summed E-state index contributed by atoms with van der Waals surface area (Å²) in [6, 6.07) is -5.71. The summed E-state index contributed by atoms with van der Waals surface area (Å²) in [5.74, 6) is -5.38. The lowest BCUT2D eigenvalue weighted by molar-refractivity contribution is -0.146. The lowest BCUT2D eigenvalue weighted by atomic mass is 10.0. The van der Waals surface area contributed by atoms with Crippen molar-refractivity contribution in [2.45, 2.75) is 201 Å². The number of nitrogens with two attached hydrogens (primary N) is 1. The van der Waals surface area contributed by atoms with Crippen LogP contribution in [0.4, 0.5) is 0 Å². The number of nitrogens with zero attached hydrogens (tertiary/aromatic N) is 1. The normalized spacial score (nSPS) is 15.0. The number of ether oxygens (including phenoxy) is 2. The van der Waals surface area contributed by atoms with Gasteiger partial charge in [0.25, 0.3) is 11.8 Å². The molecular weight excluding hydrogens is 879 g/mol. The van der Waals surface area contributed by atoms with Gasteiger partial charge in [0, 0.05) is 33.7 Å². The first-order chi connectivity index (χ1) is 32.0. The average molecular weight is 970 g/mol. The predicted molar refractivity (Wildman–Crippen MR) is 261 cm³/mol. The quantitative estimate of drug-likeness (QED) is 0.0319. The third-order valence-electron chi connectivity index (χ3n) is 11.1. The molecule has 0 radical (unpaired) electrons. The molecule has 8 unspecified atom stereocenters. The second kappa shape index (κ2) is 35.7. The summed E-state index contributed by atoms with van der Waals surface area (Å²) >= 11 is 0. The third kappa shape index (κ3) is 27.6. The van der Waals surface area contributed by atoms with Gasteiger partial charge in [-0.2, -0.15) is 0 Å². The summed E-state index contributed by atoms with van der Waals surface area (Å²) in [5.41, 5.74) is 6.05. The molecule has 20 nitrogen and oxygen atoms in total. The Kier molecular flexibility index (Phi) is 33.4. The molecule has 0 saturated heterocycles. The van der Waals surface area contributed by atoms with Gasteiger partial charge in [-0.15, -0.1) is 0 Å². The maximum Gasteiger partial charge on any atom is 0.257 e. The van der Waals surface area contributed by atoms with E-state index in [2.05, 4.69) is 44.1 Å². The zero-order valence-electron chi connectivity index (χ0n) is 43.4.